The zero-order valence-electron chi connectivity index (χ0n) is 7.76. The van der Waals surface area contributed by atoms with E-state index in [2.05, 4.69) is 27.1 Å². The van der Waals surface area contributed by atoms with Gasteiger partial charge in [-0.3, -0.25) is 0 Å². The average Bonchev–Trinajstić information content (AvgIpc) is 2.09. The first-order valence-corrected chi connectivity index (χ1v) is 3.96. The Balaban J connectivity index is 2.85. The Morgan fingerprint density at radius 1 is 1.62 bits per heavy atom. The molecule has 0 aliphatic rings. The topological polar surface area (TPSA) is 63.8 Å². The van der Waals surface area contributed by atoms with Crippen LogP contribution < -0.4 is 11.1 Å². The highest BCUT2D eigenvalue weighted by atomic mass is 15.0. The summed E-state index contributed by atoms with van der Waals surface area (Å²) < 4.78 is 0. The Morgan fingerprint density at radius 3 is 3.00 bits per heavy atom. The van der Waals surface area contributed by atoms with E-state index in [1.807, 2.05) is 14.0 Å². The van der Waals surface area contributed by atoms with E-state index in [1.165, 1.54) is 0 Å². The SMILES string of the molecule is CNCC#Cc1cnc(N)nc1C. The van der Waals surface area contributed by atoms with Gasteiger partial charge in [-0.2, -0.15) is 0 Å². The van der Waals surface area contributed by atoms with Gasteiger partial charge in [-0.25, -0.2) is 9.97 Å². The lowest BCUT2D eigenvalue weighted by Gasteiger charge is -1.96. The normalized spacial score (nSPS) is 9.08. The van der Waals surface area contributed by atoms with Crippen molar-refractivity contribution in [2.45, 2.75) is 6.92 Å². The van der Waals surface area contributed by atoms with Crippen molar-refractivity contribution in [2.24, 2.45) is 0 Å². The lowest BCUT2D eigenvalue weighted by molar-refractivity contribution is 0.938. The van der Waals surface area contributed by atoms with E-state index in [4.69, 9.17) is 5.73 Å². The monoisotopic (exact) mass is 176 g/mol. The van der Waals surface area contributed by atoms with Crippen molar-refractivity contribution < 1.29 is 0 Å². The highest BCUT2D eigenvalue weighted by Gasteiger charge is 1.96. The van der Waals surface area contributed by atoms with Gasteiger partial charge in [-0.15, -0.1) is 0 Å². The summed E-state index contributed by atoms with van der Waals surface area (Å²) in [5, 5.41) is 2.93. The Hall–Kier alpha value is -1.60. The van der Waals surface area contributed by atoms with Crippen LogP contribution in [0, 0.1) is 18.8 Å². The largest absolute Gasteiger partial charge is 0.368 e. The lowest BCUT2D eigenvalue weighted by Crippen LogP contribution is -2.04. The maximum Gasteiger partial charge on any atom is 0.220 e. The quantitative estimate of drug-likeness (QED) is 0.588. The van der Waals surface area contributed by atoms with Gasteiger partial charge in [0.2, 0.25) is 5.95 Å². The highest BCUT2D eigenvalue weighted by molar-refractivity contribution is 5.38. The van der Waals surface area contributed by atoms with Crippen LogP contribution in [0.3, 0.4) is 0 Å². The van der Waals surface area contributed by atoms with Crippen LogP contribution in [0.15, 0.2) is 6.20 Å². The minimum absolute atomic E-state index is 0.289. The average molecular weight is 176 g/mol. The molecule has 13 heavy (non-hydrogen) atoms. The summed E-state index contributed by atoms with van der Waals surface area (Å²) in [6.07, 6.45) is 1.64. The van der Waals surface area contributed by atoms with Gasteiger partial charge in [0.1, 0.15) is 0 Å². The molecule has 0 bridgehead atoms. The minimum atomic E-state index is 0.289. The van der Waals surface area contributed by atoms with Gasteiger partial charge in [0, 0.05) is 6.20 Å². The first kappa shape index (κ1) is 9.49. The van der Waals surface area contributed by atoms with Crippen LogP contribution >= 0.6 is 0 Å². The number of rotatable bonds is 1. The molecule has 4 heteroatoms. The maximum atomic E-state index is 5.40. The fourth-order valence-corrected chi connectivity index (χ4v) is 0.836. The molecule has 0 unspecified atom stereocenters. The van der Waals surface area contributed by atoms with Crippen LogP contribution in [-0.4, -0.2) is 23.6 Å². The molecule has 0 aromatic carbocycles. The number of nitrogens with two attached hydrogens (primary N) is 1. The number of aromatic nitrogens is 2. The second-order valence-corrected chi connectivity index (χ2v) is 2.56. The molecule has 1 rings (SSSR count). The number of hydrogen-bond acceptors (Lipinski definition) is 4. The van der Waals surface area contributed by atoms with Crippen LogP contribution in [0.25, 0.3) is 0 Å². The molecule has 0 aliphatic carbocycles. The molecule has 1 aromatic heterocycles. The lowest BCUT2D eigenvalue weighted by atomic mass is 10.2. The summed E-state index contributed by atoms with van der Waals surface area (Å²) in [6, 6.07) is 0. The second-order valence-electron chi connectivity index (χ2n) is 2.56. The van der Waals surface area contributed by atoms with Gasteiger partial charge in [-0.05, 0) is 14.0 Å². The molecule has 0 amide bonds. The summed E-state index contributed by atoms with van der Waals surface area (Å²) in [6.45, 7) is 2.52. The van der Waals surface area contributed by atoms with Crippen LogP contribution in [-0.2, 0) is 0 Å². The summed E-state index contributed by atoms with van der Waals surface area (Å²) in [5.74, 6) is 6.17. The Morgan fingerprint density at radius 2 is 2.38 bits per heavy atom. The van der Waals surface area contributed by atoms with Gasteiger partial charge >= 0.3 is 0 Å². The van der Waals surface area contributed by atoms with Crippen molar-refractivity contribution in [2.75, 3.05) is 19.3 Å². The van der Waals surface area contributed by atoms with E-state index in [-0.39, 0.29) is 5.95 Å². The molecular weight excluding hydrogens is 164 g/mol. The first-order chi connectivity index (χ1) is 6.24. The molecule has 0 fully saturated rings. The van der Waals surface area contributed by atoms with Crippen molar-refractivity contribution >= 4 is 5.95 Å². The molecule has 0 spiro atoms. The maximum absolute atomic E-state index is 5.40. The Bertz CT molecular complexity index is 348. The van der Waals surface area contributed by atoms with E-state index < -0.39 is 0 Å². The Kier molecular flexibility index (Phi) is 3.23. The number of nitrogens with one attached hydrogen (secondary N) is 1. The van der Waals surface area contributed by atoms with E-state index >= 15 is 0 Å². The predicted molar refractivity (Wildman–Crippen MR) is 52.0 cm³/mol. The van der Waals surface area contributed by atoms with Gasteiger partial charge in [0.05, 0.1) is 17.8 Å². The number of nitrogens with zero attached hydrogens (tertiary/aromatic N) is 2. The Labute approximate surface area is 77.6 Å². The fraction of sp³-hybridized carbons (Fsp3) is 0.333. The number of hydrogen-bond donors (Lipinski definition) is 2. The van der Waals surface area contributed by atoms with Gasteiger partial charge < -0.3 is 11.1 Å². The van der Waals surface area contributed by atoms with Crippen LogP contribution in [0.4, 0.5) is 5.95 Å². The van der Waals surface area contributed by atoms with E-state index in [1.54, 1.807) is 6.20 Å². The predicted octanol–water partition coefficient (Wildman–Crippen LogP) is -0.0619. The third kappa shape index (κ3) is 2.73. The molecular formula is C9H12N4. The minimum Gasteiger partial charge on any atom is -0.368 e. The van der Waals surface area contributed by atoms with Gasteiger partial charge in [0.15, 0.2) is 0 Å². The summed E-state index contributed by atoms with van der Waals surface area (Å²) in [7, 11) is 1.85. The van der Waals surface area contributed by atoms with Gasteiger partial charge in [-0.1, -0.05) is 11.8 Å². The number of aryl methyl sites for hydroxylation is 1. The zero-order chi connectivity index (χ0) is 9.68. The second kappa shape index (κ2) is 4.43. The van der Waals surface area contributed by atoms with E-state index in [0.29, 0.717) is 6.54 Å². The highest BCUT2D eigenvalue weighted by Crippen LogP contribution is 2.02. The van der Waals surface area contributed by atoms with Crippen molar-refractivity contribution in [3.63, 3.8) is 0 Å². The van der Waals surface area contributed by atoms with E-state index in [9.17, 15) is 0 Å². The molecule has 1 aromatic rings. The third-order valence-electron chi connectivity index (χ3n) is 1.49. The van der Waals surface area contributed by atoms with Crippen molar-refractivity contribution in [1.82, 2.24) is 15.3 Å². The molecule has 0 radical (unpaired) electrons. The molecule has 4 nitrogen and oxygen atoms in total. The molecule has 0 saturated carbocycles. The number of nitrogen functional groups attached to an aromatic ring is 1. The smallest absolute Gasteiger partial charge is 0.220 e. The van der Waals surface area contributed by atoms with Gasteiger partial charge in [0.25, 0.3) is 0 Å². The molecule has 0 saturated heterocycles. The van der Waals surface area contributed by atoms with Crippen LogP contribution in [0.1, 0.15) is 11.3 Å². The van der Waals surface area contributed by atoms with Crippen molar-refractivity contribution in [1.29, 1.82) is 0 Å². The van der Waals surface area contributed by atoms with Crippen molar-refractivity contribution in [3.05, 3.63) is 17.5 Å². The third-order valence-corrected chi connectivity index (χ3v) is 1.49. The molecule has 3 N–H and O–H groups in total. The first-order valence-electron chi connectivity index (χ1n) is 3.96. The van der Waals surface area contributed by atoms with E-state index in [0.717, 1.165) is 11.3 Å². The summed E-state index contributed by atoms with van der Waals surface area (Å²) >= 11 is 0. The van der Waals surface area contributed by atoms with Crippen LogP contribution in [0.2, 0.25) is 0 Å². The molecule has 0 atom stereocenters. The standard InChI is InChI=1S/C9H12N4/c1-7-8(4-3-5-11-2)6-12-9(10)13-7/h6,11H,5H2,1-2H3,(H2,10,12,13). The summed E-state index contributed by atoms with van der Waals surface area (Å²) in [5.41, 5.74) is 7.04. The van der Waals surface area contributed by atoms with Crippen LogP contribution in [0.5, 0.6) is 0 Å². The molecule has 1 heterocycles. The number of anilines is 1. The fourth-order valence-electron chi connectivity index (χ4n) is 0.836. The molecule has 68 valence electrons. The zero-order valence-corrected chi connectivity index (χ0v) is 7.76. The molecule has 0 aliphatic heterocycles. The van der Waals surface area contributed by atoms with Crippen molar-refractivity contribution in [3.8, 4) is 11.8 Å². The summed E-state index contributed by atoms with van der Waals surface area (Å²) in [4.78, 5) is 7.86.